The van der Waals surface area contributed by atoms with E-state index < -0.39 is 12.6 Å². The normalized spacial score (nSPS) is 10.1. The van der Waals surface area contributed by atoms with Crippen molar-refractivity contribution in [2.45, 2.75) is 12.8 Å². The SMILES string of the molecule is COc1ccc(C(=O)OCC(=O)NCCCc2ccccc2)c(O)c1. The van der Waals surface area contributed by atoms with E-state index in [1.54, 1.807) is 0 Å². The molecule has 1 amide bonds. The molecule has 132 valence electrons. The van der Waals surface area contributed by atoms with Gasteiger partial charge >= 0.3 is 5.97 Å². The van der Waals surface area contributed by atoms with Crippen molar-refractivity contribution < 1.29 is 24.2 Å². The Bertz CT molecular complexity index is 715. The lowest BCUT2D eigenvalue weighted by atomic mass is 10.1. The molecule has 2 rings (SSSR count). The second-order valence-electron chi connectivity index (χ2n) is 5.40. The highest BCUT2D eigenvalue weighted by Crippen LogP contribution is 2.23. The molecule has 0 spiro atoms. The van der Waals surface area contributed by atoms with Crippen LogP contribution >= 0.6 is 0 Å². The Kier molecular flexibility index (Phi) is 6.83. The highest BCUT2D eigenvalue weighted by molar-refractivity contribution is 5.94. The maximum atomic E-state index is 11.9. The van der Waals surface area contributed by atoms with Crippen molar-refractivity contribution in [3.8, 4) is 11.5 Å². The first-order valence-corrected chi connectivity index (χ1v) is 7.95. The smallest absolute Gasteiger partial charge is 0.342 e. The Morgan fingerprint density at radius 2 is 1.88 bits per heavy atom. The van der Waals surface area contributed by atoms with Gasteiger partial charge in [0.2, 0.25) is 0 Å². The van der Waals surface area contributed by atoms with Crippen LogP contribution in [0.1, 0.15) is 22.3 Å². The first kappa shape index (κ1) is 18.3. The van der Waals surface area contributed by atoms with Gasteiger partial charge in [-0.25, -0.2) is 4.79 Å². The summed E-state index contributed by atoms with van der Waals surface area (Å²) in [7, 11) is 1.45. The van der Waals surface area contributed by atoms with Crippen LogP contribution in [0.4, 0.5) is 0 Å². The lowest BCUT2D eigenvalue weighted by molar-refractivity contribution is -0.124. The van der Waals surface area contributed by atoms with Gasteiger partial charge in [-0.1, -0.05) is 30.3 Å². The fourth-order valence-corrected chi connectivity index (χ4v) is 2.24. The van der Waals surface area contributed by atoms with Gasteiger partial charge in [0.1, 0.15) is 17.1 Å². The van der Waals surface area contributed by atoms with E-state index in [0.717, 1.165) is 12.8 Å². The number of carbonyl (C=O) groups excluding carboxylic acids is 2. The van der Waals surface area contributed by atoms with Gasteiger partial charge in [0.05, 0.1) is 7.11 Å². The number of hydrogen-bond acceptors (Lipinski definition) is 5. The number of ether oxygens (including phenoxy) is 2. The number of carbonyl (C=O) groups is 2. The average Bonchev–Trinajstić information content (AvgIpc) is 2.64. The number of hydrogen-bond donors (Lipinski definition) is 2. The zero-order valence-corrected chi connectivity index (χ0v) is 14.0. The molecule has 0 aliphatic rings. The van der Waals surface area contributed by atoms with Gasteiger partial charge in [0.25, 0.3) is 5.91 Å². The van der Waals surface area contributed by atoms with Crippen LogP contribution in [0, 0.1) is 0 Å². The van der Waals surface area contributed by atoms with Crippen LogP contribution in [0.25, 0.3) is 0 Å². The van der Waals surface area contributed by atoms with Crippen molar-refractivity contribution in [3.05, 3.63) is 59.7 Å². The molecule has 2 aromatic rings. The molecule has 25 heavy (non-hydrogen) atoms. The molecule has 0 radical (unpaired) electrons. The van der Waals surface area contributed by atoms with Crippen molar-refractivity contribution in [2.75, 3.05) is 20.3 Å². The van der Waals surface area contributed by atoms with Gasteiger partial charge < -0.3 is 19.9 Å². The number of phenolic OH excluding ortho intramolecular Hbond substituents is 1. The van der Waals surface area contributed by atoms with Crippen LogP contribution in [-0.4, -0.2) is 37.2 Å². The summed E-state index contributed by atoms with van der Waals surface area (Å²) in [6.07, 6.45) is 1.66. The van der Waals surface area contributed by atoms with Gasteiger partial charge in [-0.3, -0.25) is 4.79 Å². The Labute approximate surface area is 146 Å². The number of aromatic hydroxyl groups is 1. The standard InChI is InChI=1S/C19H21NO5/c1-24-15-9-10-16(17(21)12-15)19(23)25-13-18(22)20-11-5-8-14-6-3-2-4-7-14/h2-4,6-7,9-10,12,21H,5,8,11,13H2,1H3,(H,20,22). The number of amides is 1. The summed E-state index contributed by atoms with van der Waals surface area (Å²) >= 11 is 0. The minimum atomic E-state index is -0.764. The second kappa shape index (κ2) is 9.32. The fourth-order valence-electron chi connectivity index (χ4n) is 2.24. The molecule has 0 saturated heterocycles. The monoisotopic (exact) mass is 343 g/mol. The molecule has 6 heteroatoms. The Morgan fingerprint density at radius 1 is 1.12 bits per heavy atom. The third kappa shape index (κ3) is 5.84. The van der Waals surface area contributed by atoms with Gasteiger partial charge in [0, 0.05) is 12.6 Å². The Morgan fingerprint density at radius 3 is 2.56 bits per heavy atom. The fraction of sp³-hybridized carbons (Fsp3) is 0.263. The summed E-state index contributed by atoms with van der Waals surface area (Å²) in [6.45, 7) is 0.106. The number of esters is 1. The second-order valence-corrected chi connectivity index (χ2v) is 5.40. The lowest BCUT2D eigenvalue weighted by Crippen LogP contribution is -2.29. The molecular formula is C19H21NO5. The van der Waals surface area contributed by atoms with E-state index in [0.29, 0.717) is 12.3 Å². The molecule has 0 saturated carbocycles. The van der Waals surface area contributed by atoms with Crippen LogP contribution in [0.3, 0.4) is 0 Å². The highest BCUT2D eigenvalue weighted by Gasteiger charge is 2.15. The van der Waals surface area contributed by atoms with E-state index >= 15 is 0 Å². The molecule has 0 aliphatic carbocycles. The Hall–Kier alpha value is -3.02. The number of benzene rings is 2. The highest BCUT2D eigenvalue weighted by atomic mass is 16.5. The van der Waals surface area contributed by atoms with Crippen molar-refractivity contribution in [3.63, 3.8) is 0 Å². The third-order valence-electron chi connectivity index (χ3n) is 3.57. The number of rotatable bonds is 8. The van der Waals surface area contributed by atoms with Crippen molar-refractivity contribution >= 4 is 11.9 Å². The summed E-state index contributed by atoms with van der Waals surface area (Å²) in [5.74, 6) is -0.980. The zero-order valence-electron chi connectivity index (χ0n) is 14.0. The lowest BCUT2D eigenvalue weighted by Gasteiger charge is -2.08. The van der Waals surface area contributed by atoms with E-state index in [1.165, 1.54) is 30.9 Å². The predicted octanol–water partition coefficient (Wildman–Crippen LogP) is 2.31. The van der Waals surface area contributed by atoms with E-state index in [-0.39, 0.29) is 17.2 Å². The minimum Gasteiger partial charge on any atom is -0.507 e. The molecule has 0 fully saturated rings. The molecule has 0 aromatic heterocycles. The maximum Gasteiger partial charge on any atom is 0.342 e. The van der Waals surface area contributed by atoms with Crippen molar-refractivity contribution in [1.82, 2.24) is 5.32 Å². The first-order valence-electron chi connectivity index (χ1n) is 7.95. The van der Waals surface area contributed by atoms with Gasteiger partial charge in [0.15, 0.2) is 6.61 Å². The molecule has 2 aromatic carbocycles. The van der Waals surface area contributed by atoms with E-state index in [2.05, 4.69) is 5.32 Å². The topological polar surface area (TPSA) is 84.9 Å². The molecule has 0 bridgehead atoms. The molecule has 0 unspecified atom stereocenters. The van der Waals surface area contributed by atoms with Gasteiger partial charge in [-0.15, -0.1) is 0 Å². The minimum absolute atomic E-state index is 0.0160. The third-order valence-corrected chi connectivity index (χ3v) is 3.57. The van der Waals surface area contributed by atoms with E-state index in [1.807, 2.05) is 30.3 Å². The zero-order chi connectivity index (χ0) is 18.1. The van der Waals surface area contributed by atoms with Gasteiger partial charge in [-0.2, -0.15) is 0 Å². The van der Waals surface area contributed by atoms with Crippen LogP contribution in [0.2, 0.25) is 0 Å². The number of methoxy groups -OCH3 is 1. The predicted molar refractivity (Wildman–Crippen MR) is 92.7 cm³/mol. The maximum absolute atomic E-state index is 11.9. The first-order chi connectivity index (χ1) is 12.1. The largest absolute Gasteiger partial charge is 0.507 e. The summed E-state index contributed by atoms with van der Waals surface area (Å²) in [4.78, 5) is 23.6. The molecule has 0 aliphatic heterocycles. The Balaban J connectivity index is 1.70. The molecule has 0 atom stereocenters. The van der Waals surface area contributed by atoms with Crippen molar-refractivity contribution in [1.29, 1.82) is 0 Å². The molecule has 6 nitrogen and oxygen atoms in total. The molecule has 2 N–H and O–H groups in total. The van der Waals surface area contributed by atoms with Crippen LogP contribution in [-0.2, 0) is 16.0 Å². The molecule has 0 heterocycles. The summed E-state index contributed by atoms with van der Waals surface area (Å²) < 4.78 is 9.85. The van der Waals surface area contributed by atoms with Crippen LogP contribution < -0.4 is 10.1 Å². The summed E-state index contributed by atoms with van der Waals surface area (Å²) in [5, 5.41) is 12.5. The quantitative estimate of drug-likeness (QED) is 0.567. The number of phenols is 1. The summed E-state index contributed by atoms with van der Waals surface area (Å²) in [6, 6.07) is 14.2. The average molecular weight is 343 g/mol. The van der Waals surface area contributed by atoms with E-state index in [4.69, 9.17) is 9.47 Å². The van der Waals surface area contributed by atoms with E-state index in [9.17, 15) is 14.7 Å². The van der Waals surface area contributed by atoms with Crippen molar-refractivity contribution in [2.24, 2.45) is 0 Å². The van der Waals surface area contributed by atoms with Crippen LogP contribution in [0.5, 0.6) is 11.5 Å². The molecular weight excluding hydrogens is 322 g/mol. The summed E-state index contributed by atoms with van der Waals surface area (Å²) in [5.41, 5.74) is 1.19. The number of aryl methyl sites for hydroxylation is 1. The van der Waals surface area contributed by atoms with Gasteiger partial charge in [-0.05, 0) is 30.5 Å². The van der Waals surface area contributed by atoms with Crippen LogP contribution in [0.15, 0.2) is 48.5 Å². The number of nitrogens with one attached hydrogen (secondary N) is 1.